The van der Waals surface area contributed by atoms with Crippen molar-refractivity contribution in [2.24, 2.45) is 0 Å². The van der Waals surface area contributed by atoms with Crippen LogP contribution in [0.15, 0.2) is 54.6 Å². The third-order valence-corrected chi connectivity index (χ3v) is 5.45. The van der Waals surface area contributed by atoms with Crippen molar-refractivity contribution < 1.29 is 49.0 Å². The van der Waals surface area contributed by atoms with E-state index in [0.29, 0.717) is 0 Å². The molecule has 0 spiro atoms. The second kappa shape index (κ2) is 10.5. The summed E-state index contributed by atoms with van der Waals surface area (Å²) in [5, 5.41) is 2.69. The summed E-state index contributed by atoms with van der Waals surface area (Å²) in [5.74, 6) is 0. The summed E-state index contributed by atoms with van der Waals surface area (Å²) in [7, 11) is 0. The Kier molecular flexibility index (Phi) is 9.44. The van der Waals surface area contributed by atoms with E-state index in [4.69, 9.17) is 0 Å². The van der Waals surface area contributed by atoms with Crippen LogP contribution in [0.25, 0.3) is 16.3 Å². The zero-order valence-corrected chi connectivity index (χ0v) is 17.2. The van der Waals surface area contributed by atoms with Gasteiger partial charge in [-0.15, -0.1) is 40.1 Å². The number of hydrogen-bond acceptors (Lipinski definition) is 0. The van der Waals surface area contributed by atoms with E-state index < -0.39 is 0 Å². The molecule has 1 fully saturated rings. The summed E-state index contributed by atoms with van der Waals surface area (Å²) < 4.78 is 1.80. The van der Waals surface area contributed by atoms with Crippen molar-refractivity contribution >= 4 is 19.6 Å². The summed E-state index contributed by atoms with van der Waals surface area (Å²) >= 11 is 1.69. The van der Waals surface area contributed by atoms with Gasteiger partial charge in [-0.05, 0) is 6.42 Å². The van der Waals surface area contributed by atoms with Gasteiger partial charge in [0.15, 0.2) is 0 Å². The Balaban J connectivity index is 0.000000255. The van der Waals surface area contributed by atoms with Crippen LogP contribution in [0, 0.1) is 0 Å². The van der Waals surface area contributed by atoms with E-state index in [9.17, 15) is 0 Å². The molecule has 3 heteroatoms. The molecule has 23 heavy (non-hydrogen) atoms. The molecule has 4 rings (SSSR count). The second-order valence-corrected chi connectivity index (χ2v) is 7.60. The average Bonchev–Trinajstić information content (AvgIpc) is 3.18. The van der Waals surface area contributed by atoms with Gasteiger partial charge < -0.3 is 24.8 Å². The predicted molar refractivity (Wildman–Crippen MR) is 89.4 cm³/mol. The van der Waals surface area contributed by atoms with Crippen molar-refractivity contribution in [2.75, 3.05) is 0 Å². The molecule has 0 heterocycles. The van der Waals surface area contributed by atoms with Crippen LogP contribution in [0.5, 0.6) is 0 Å². The Morgan fingerprint density at radius 2 is 1.70 bits per heavy atom. The van der Waals surface area contributed by atoms with Crippen molar-refractivity contribution in [1.82, 2.24) is 0 Å². The molecule has 120 valence electrons. The molecule has 1 saturated carbocycles. The van der Waals surface area contributed by atoms with E-state index in [0.717, 1.165) is 6.42 Å². The first-order valence-corrected chi connectivity index (χ1v) is 9.14. The Morgan fingerprint density at radius 3 is 2.26 bits per heavy atom. The summed E-state index contributed by atoms with van der Waals surface area (Å²) in [4.78, 5) is 0. The van der Waals surface area contributed by atoms with Crippen LogP contribution in [-0.4, -0.2) is 3.21 Å². The van der Waals surface area contributed by atoms with Gasteiger partial charge in [0.05, 0.1) is 0 Å². The fraction of sp³-hybridized carbons (Fsp3) is 0.300. The van der Waals surface area contributed by atoms with Crippen molar-refractivity contribution in [3.8, 4) is 0 Å². The SMILES string of the molecule is C1=CCC(c2cc3ccccc3[cH-]2)=C1.[Cl-].[Cl-].[Zr+2]=[C]1CCCCC1. The first-order chi connectivity index (χ1) is 10.3. The fourth-order valence-corrected chi connectivity index (χ4v) is 3.84. The van der Waals surface area contributed by atoms with Crippen molar-refractivity contribution in [2.45, 2.75) is 38.5 Å². The number of halogens is 2. The third-order valence-electron chi connectivity index (χ3n) is 4.22. The molecule has 0 unspecified atom stereocenters. The van der Waals surface area contributed by atoms with Gasteiger partial charge in [-0.2, -0.15) is 0 Å². The maximum atomic E-state index is 2.27. The molecule has 0 radical (unpaired) electrons. The van der Waals surface area contributed by atoms with Crippen molar-refractivity contribution in [3.63, 3.8) is 0 Å². The van der Waals surface area contributed by atoms with Gasteiger partial charge in [0, 0.05) is 0 Å². The normalized spacial score (nSPS) is 16.1. The number of fused-ring (bicyclic) bond motifs is 1. The maximum absolute atomic E-state index is 2.27. The van der Waals surface area contributed by atoms with E-state index in [1.807, 2.05) is 0 Å². The fourth-order valence-electron chi connectivity index (χ4n) is 2.98. The van der Waals surface area contributed by atoms with Crippen LogP contribution in [0.2, 0.25) is 0 Å². The van der Waals surface area contributed by atoms with Gasteiger partial charge in [-0.1, -0.05) is 36.4 Å². The van der Waals surface area contributed by atoms with Crippen LogP contribution in [0.4, 0.5) is 0 Å². The molecule has 2 aromatic carbocycles. The molecule has 0 amide bonds. The Bertz CT molecular complexity index is 653. The van der Waals surface area contributed by atoms with Gasteiger partial charge in [0.1, 0.15) is 0 Å². The van der Waals surface area contributed by atoms with E-state index in [1.54, 1.807) is 27.4 Å². The second-order valence-electron chi connectivity index (χ2n) is 5.86. The molecule has 0 saturated heterocycles. The van der Waals surface area contributed by atoms with Gasteiger partial charge in [0.25, 0.3) is 0 Å². The molecule has 0 nitrogen and oxygen atoms in total. The molecule has 2 aliphatic rings. The molecule has 0 aliphatic heterocycles. The van der Waals surface area contributed by atoms with Crippen LogP contribution in [-0.2, 0) is 24.2 Å². The summed E-state index contributed by atoms with van der Waals surface area (Å²) in [6.45, 7) is 0. The first kappa shape index (κ1) is 20.7. The van der Waals surface area contributed by atoms with Gasteiger partial charge in [0.2, 0.25) is 0 Å². The third kappa shape index (κ3) is 5.89. The molecule has 0 bridgehead atoms. The minimum absolute atomic E-state index is 0. The molecular formula is C20H21Cl2Zr-. The molecule has 0 N–H and O–H groups in total. The summed E-state index contributed by atoms with van der Waals surface area (Å²) in [6.07, 6.45) is 14.9. The standard InChI is InChI=1S/C14H11.C6H10.2ClH.Zr/c1-2-6-11(5-1)14-9-12-7-3-4-8-13(12)10-14;1-2-4-6-5-3-1;;;/h1-5,7-10H,6H2;1-5H2;2*1H;/q-1;;;;+2/p-2. The Hall–Kier alpha value is -0.357. The zero-order chi connectivity index (χ0) is 14.5. The topological polar surface area (TPSA) is 0 Å². The average molecular weight is 424 g/mol. The Morgan fingerprint density at radius 1 is 0.957 bits per heavy atom. The van der Waals surface area contributed by atoms with Gasteiger partial charge in [-0.25, -0.2) is 0 Å². The predicted octanol–water partition coefficient (Wildman–Crippen LogP) is -0.420. The van der Waals surface area contributed by atoms with Crippen LogP contribution in [0.1, 0.15) is 44.1 Å². The van der Waals surface area contributed by atoms with E-state index in [2.05, 4.69) is 54.6 Å². The molecular weight excluding hydrogens is 402 g/mol. The number of rotatable bonds is 1. The van der Waals surface area contributed by atoms with E-state index >= 15 is 0 Å². The van der Waals surface area contributed by atoms with Crippen molar-refractivity contribution in [1.29, 1.82) is 0 Å². The monoisotopic (exact) mass is 421 g/mol. The molecule has 0 atom stereocenters. The van der Waals surface area contributed by atoms with Crippen molar-refractivity contribution in [3.05, 3.63) is 60.2 Å². The summed E-state index contributed by atoms with van der Waals surface area (Å²) in [5.41, 5.74) is 2.80. The van der Waals surface area contributed by atoms with E-state index in [-0.39, 0.29) is 24.8 Å². The number of allylic oxidation sites excluding steroid dienone is 4. The minimum atomic E-state index is 0. The quantitative estimate of drug-likeness (QED) is 0.547. The molecule has 2 aromatic rings. The molecule has 2 aliphatic carbocycles. The van der Waals surface area contributed by atoms with Gasteiger partial charge in [-0.3, -0.25) is 0 Å². The van der Waals surface area contributed by atoms with Crippen LogP contribution >= 0.6 is 0 Å². The first-order valence-electron chi connectivity index (χ1n) is 7.91. The molecule has 0 aromatic heterocycles. The number of hydrogen-bond donors (Lipinski definition) is 0. The van der Waals surface area contributed by atoms with E-state index in [1.165, 1.54) is 54.0 Å². The summed E-state index contributed by atoms with van der Waals surface area (Å²) in [6, 6.07) is 13.1. The zero-order valence-electron chi connectivity index (χ0n) is 13.2. The Labute approximate surface area is 166 Å². The van der Waals surface area contributed by atoms with Crippen LogP contribution in [0.3, 0.4) is 0 Å². The van der Waals surface area contributed by atoms with Gasteiger partial charge >= 0.3 is 59.5 Å². The van der Waals surface area contributed by atoms with Crippen LogP contribution < -0.4 is 24.8 Å². The number of benzene rings is 1.